The number of carbonyl (C=O) groups is 1. The highest BCUT2D eigenvalue weighted by atomic mass is 32.1. The van der Waals surface area contributed by atoms with E-state index in [1.807, 2.05) is 18.2 Å². The summed E-state index contributed by atoms with van der Waals surface area (Å²) in [6, 6.07) is 20.8. The van der Waals surface area contributed by atoms with E-state index in [9.17, 15) is 4.79 Å². The number of benzene rings is 2. The lowest BCUT2D eigenvalue weighted by Gasteiger charge is -2.14. The van der Waals surface area contributed by atoms with Crippen molar-refractivity contribution >= 4 is 17.4 Å². The normalized spacial score (nSPS) is 12.5. The van der Waals surface area contributed by atoms with Crippen LogP contribution in [0.5, 0.6) is 0 Å². The fraction of sp³-hybridized carbons (Fsp3) is 0.190. The Morgan fingerprint density at radius 3 is 2.24 bits per heavy atom. The minimum atomic E-state index is -0.368. The topological polar surface area (TPSA) is 38.3 Å². The molecule has 25 heavy (non-hydrogen) atoms. The van der Waals surface area contributed by atoms with Gasteiger partial charge in [-0.3, -0.25) is 0 Å². The van der Waals surface area contributed by atoms with Crippen molar-refractivity contribution in [1.29, 1.82) is 0 Å². The van der Waals surface area contributed by atoms with Gasteiger partial charge in [0.25, 0.3) is 0 Å². The van der Waals surface area contributed by atoms with E-state index < -0.39 is 0 Å². The zero-order chi connectivity index (χ0) is 17.2. The van der Waals surface area contributed by atoms with E-state index >= 15 is 0 Å². The zero-order valence-corrected chi connectivity index (χ0v) is 14.8. The molecule has 4 rings (SSSR count). The van der Waals surface area contributed by atoms with Crippen LogP contribution in [0.3, 0.4) is 0 Å². The molecule has 3 nitrogen and oxygen atoms in total. The average Bonchev–Trinajstić information content (AvgIpc) is 3.19. The van der Waals surface area contributed by atoms with Crippen LogP contribution in [0.2, 0.25) is 0 Å². The first-order valence-corrected chi connectivity index (χ1v) is 9.18. The monoisotopic (exact) mass is 349 g/mol. The summed E-state index contributed by atoms with van der Waals surface area (Å²) in [5.74, 6) is 0.0992. The Morgan fingerprint density at radius 2 is 1.64 bits per heavy atom. The van der Waals surface area contributed by atoms with Gasteiger partial charge in [-0.1, -0.05) is 48.5 Å². The Labute approximate surface area is 151 Å². The van der Waals surface area contributed by atoms with Crippen LogP contribution in [0.15, 0.2) is 60.7 Å². The summed E-state index contributed by atoms with van der Waals surface area (Å²) >= 11 is 1.68. The summed E-state index contributed by atoms with van der Waals surface area (Å²) in [6.07, 6.45) is -0.368. The van der Waals surface area contributed by atoms with Gasteiger partial charge in [0.1, 0.15) is 6.61 Å². The van der Waals surface area contributed by atoms with Crippen LogP contribution in [-0.4, -0.2) is 12.7 Å². The number of ether oxygens (including phenoxy) is 1. The van der Waals surface area contributed by atoms with Crippen LogP contribution >= 0.6 is 11.3 Å². The van der Waals surface area contributed by atoms with Crippen molar-refractivity contribution in [3.8, 4) is 11.1 Å². The minimum Gasteiger partial charge on any atom is -0.449 e. The predicted octanol–water partition coefficient (Wildman–Crippen LogP) is 5.10. The quantitative estimate of drug-likeness (QED) is 0.712. The smallest absolute Gasteiger partial charge is 0.407 e. The first-order valence-electron chi connectivity index (χ1n) is 8.36. The second-order valence-corrected chi connectivity index (χ2v) is 7.56. The largest absolute Gasteiger partial charge is 0.449 e. The highest BCUT2D eigenvalue weighted by molar-refractivity contribution is 7.11. The zero-order valence-electron chi connectivity index (χ0n) is 14.0. The second-order valence-electron chi connectivity index (χ2n) is 6.19. The van der Waals surface area contributed by atoms with E-state index in [4.69, 9.17) is 4.74 Å². The van der Waals surface area contributed by atoms with Crippen LogP contribution in [0.25, 0.3) is 11.1 Å². The second kappa shape index (κ2) is 6.73. The fourth-order valence-electron chi connectivity index (χ4n) is 3.39. The van der Waals surface area contributed by atoms with Gasteiger partial charge in [0.05, 0.1) is 6.54 Å². The number of hydrogen-bond donors (Lipinski definition) is 1. The standard InChI is InChI=1S/C21H19NO2S/c1-14-10-11-15(25-14)12-22-21(23)24-13-20-18-8-4-2-6-16(18)17-7-3-5-9-19(17)20/h2-11,20H,12-13H2,1H3,(H,22,23). The Kier molecular flexibility index (Phi) is 4.28. The number of carbonyl (C=O) groups excluding carboxylic acids is 1. The van der Waals surface area contributed by atoms with Crippen molar-refractivity contribution in [1.82, 2.24) is 5.32 Å². The Morgan fingerprint density at radius 1 is 1.00 bits per heavy atom. The molecule has 1 aliphatic rings. The first-order chi connectivity index (χ1) is 12.2. The Balaban J connectivity index is 1.43. The molecular formula is C21H19NO2S. The molecule has 1 N–H and O–H groups in total. The number of rotatable bonds is 4. The maximum absolute atomic E-state index is 12.1. The van der Waals surface area contributed by atoms with Crippen LogP contribution in [0.4, 0.5) is 4.79 Å². The number of nitrogens with one attached hydrogen (secondary N) is 1. The van der Waals surface area contributed by atoms with Crippen molar-refractivity contribution in [3.63, 3.8) is 0 Å². The highest BCUT2D eigenvalue weighted by Crippen LogP contribution is 2.44. The van der Waals surface area contributed by atoms with Crippen LogP contribution in [0.1, 0.15) is 26.8 Å². The third-order valence-corrected chi connectivity index (χ3v) is 5.55. The average molecular weight is 349 g/mol. The molecule has 0 bridgehead atoms. The summed E-state index contributed by atoms with van der Waals surface area (Å²) in [6.45, 7) is 2.92. The maximum atomic E-state index is 12.1. The van der Waals surface area contributed by atoms with Gasteiger partial charge < -0.3 is 10.1 Å². The number of alkyl carbamates (subject to hydrolysis) is 1. The van der Waals surface area contributed by atoms with Crippen molar-refractivity contribution in [2.45, 2.75) is 19.4 Å². The third kappa shape index (κ3) is 3.17. The summed E-state index contributed by atoms with van der Waals surface area (Å²) in [7, 11) is 0. The minimum absolute atomic E-state index is 0.0992. The van der Waals surface area contributed by atoms with Gasteiger partial charge in [-0.15, -0.1) is 11.3 Å². The van der Waals surface area contributed by atoms with Gasteiger partial charge in [-0.25, -0.2) is 4.79 Å². The number of thiophene rings is 1. The maximum Gasteiger partial charge on any atom is 0.407 e. The molecule has 0 saturated heterocycles. The highest BCUT2D eigenvalue weighted by Gasteiger charge is 2.28. The van der Waals surface area contributed by atoms with Gasteiger partial charge in [0.15, 0.2) is 0 Å². The molecule has 0 spiro atoms. The molecule has 0 aliphatic heterocycles. The molecule has 0 fully saturated rings. The molecule has 0 unspecified atom stereocenters. The molecule has 0 atom stereocenters. The third-order valence-electron chi connectivity index (χ3n) is 4.55. The van der Waals surface area contributed by atoms with Crippen LogP contribution in [0, 0.1) is 6.92 Å². The van der Waals surface area contributed by atoms with E-state index in [1.54, 1.807) is 11.3 Å². The van der Waals surface area contributed by atoms with E-state index in [2.05, 4.69) is 54.7 Å². The van der Waals surface area contributed by atoms with Gasteiger partial charge >= 0.3 is 6.09 Å². The lowest BCUT2D eigenvalue weighted by atomic mass is 9.98. The molecular weight excluding hydrogens is 330 g/mol. The van der Waals surface area contributed by atoms with Crippen molar-refractivity contribution in [2.24, 2.45) is 0 Å². The van der Waals surface area contributed by atoms with Gasteiger partial charge in [0.2, 0.25) is 0 Å². The predicted molar refractivity (Wildman–Crippen MR) is 101 cm³/mol. The molecule has 0 radical (unpaired) electrons. The summed E-state index contributed by atoms with van der Waals surface area (Å²) < 4.78 is 5.52. The molecule has 4 heteroatoms. The Hall–Kier alpha value is -2.59. The van der Waals surface area contributed by atoms with E-state index in [-0.39, 0.29) is 12.0 Å². The summed E-state index contributed by atoms with van der Waals surface area (Å²) in [4.78, 5) is 14.4. The molecule has 0 saturated carbocycles. The fourth-order valence-corrected chi connectivity index (χ4v) is 4.22. The van der Waals surface area contributed by atoms with Crippen molar-refractivity contribution in [2.75, 3.05) is 6.61 Å². The van der Waals surface area contributed by atoms with Crippen LogP contribution in [-0.2, 0) is 11.3 Å². The molecule has 126 valence electrons. The molecule has 3 aromatic rings. The number of amides is 1. The van der Waals surface area contributed by atoms with Gasteiger partial charge in [-0.2, -0.15) is 0 Å². The van der Waals surface area contributed by atoms with E-state index in [0.29, 0.717) is 13.2 Å². The van der Waals surface area contributed by atoms with Crippen molar-refractivity contribution < 1.29 is 9.53 Å². The lowest BCUT2D eigenvalue weighted by molar-refractivity contribution is 0.142. The number of aryl methyl sites for hydroxylation is 1. The molecule has 1 heterocycles. The van der Waals surface area contributed by atoms with E-state index in [0.717, 1.165) is 4.88 Å². The number of hydrogen-bond acceptors (Lipinski definition) is 3. The van der Waals surface area contributed by atoms with Crippen LogP contribution < -0.4 is 5.32 Å². The molecule has 2 aromatic carbocycles. The SMILES string of the molecule is Cc1ccc(CNC(=O)OCC2c3ccccc3-c3ccccc32)s1. The summed E-state index contributed by atoms with van der Waals surface area (Å²) in [5.41, 5.74) is 4.93. The number of fused-ring (bicyclic) bond motifs is 3. The van der Waals surface area contributed by atoms with Gasteiger partial charge in [0, 0.05) is 15.7 Å². The molecule has 1 amide bonds. The lowest BCUT2D eigenvalue weighted by Crippen LogP contribution is -2.25. The molecule has 1 aromatic heterocycles. The van der Waals surface area contributed by atoms with E-state index in [1.165, 1.54) is 27.1 Å². The first kappa shape index (κ1) is 15.9. The Bertz CT molecular complexity index is 870. The van der Waals surface area contributed by atoms with Gasteiger partial charge in [-0.05, 0) is 41.3 Å². The summed E-state index contributed by atoms with van der Waals surface area (Å²) in [5, 5.41) is 2.83. The molecule has 1 aliphatic carbocycles. The van der Waals surface area contributed by atoms with Crippen molar-refractivity contribution in [3.05, 3.63) is 81.5 Å².